The van der Waals surface area contributed by atoms with Gasteiger partial charge in [-0.1, -0.05) is 17.9 Å². The van der Waals surface area contributed by atoms with Crippen molar-refractivity contribution in [1.29, 1.82) is 0 Å². The van der Waals surface area contributed by atoms with Gasteiger partial charge in [0.15, 0.2) is 0 Å². The largest absolute Gasteiger partial charge is 0.384 e. The van der Waals surface area contributed by atoms with Crippen LogP contribution >= 0.6 is 0 Å². The quantitative estimate of drug-likeness (QED) is 0.840. The minimum Gasteiger partial charge on any atom is -0.384 e. The third-order valence-electron chi connectivity index (χ3n) is 3.93. The van der Waals surface area contributed by atoms with Gasteiger partial charge in [-0.05, 0) is 38.0 Å². The lowest BCUT2D eigenvalue weighted by Crippen LogP contribution is -2.41. The number of rotatable bonds is 2. The molecule has 1 amide bonds. The number of carbonyl (C=O) groups excluding carboxylic acids is 1. The molecule has 0 aromatic heterocycles. The van der Waals surface area contributed by atoms with E-state index in [4.69, 9.17) is 9.84 Å². The molecule has 1 saturated heterocycles. The first-order valence-corrected chi connectivity index (χ1v) is 7.13. The third kappa shape index (κ3) is 3.44. The molecule has 2 atom stereocenters. The average molecular weight is 287 g/mol. The molecule has 1 aliphatic rings. The normalized spacial score (nSPS) is 20.8. The maximum absolute atomic E-state index is 12.7. The number of amides is 1. The van der Waals surface area contributed by atoms with Crippen molar-refractivity contribution in [2.75, 3.05) is 20.3 Å². The van der Waals surface area contributed by atoms with Gasteiger partial charge in [0.25, 0.3) is 5.91 Å². The standard InChI is InChI=1S/C17H21NO3/c1-12-6-7-14(5-4-9-19)11-15(12)17(20)18(3)16-8-10-21-13(16)2/h6-7,11,13,16,19H,8-10H2,1-3H3. The van der Waals surface area contributed by atoms with Crippen LogP contribution in [0.1, 0.15) is 34.8 Å². The second-order valence-corrected chi connectivity index (χ2v) is 5.34. The molecule has 1 heterocycles. The van der Waals surface area contributed by atoms with Crippen LogP contribution < -0.4 is 0 Å². The van der Waals surface area contributed by atoms with Gasteiger partial charge in [-0.3, -0.25) is 4.79 Å². The summed E-state index contributed by atoms with van der Waals surface area (Å²) in [6.45, 7) is 4.43. The second-order valence-electron chi connectivity index (χ2n) is 5.34. The Bertz CT molecular complexity index is 585. The van der Waals surface area contributed by atoms with Gasteiger partial charge in [0.2, 0.25) is 0 Å². The Morgan fingerprint density at radius 2 is 2.29 bits per heavy atom. The number of aliphatic hydroxyl groups excluding tert-OH is 1. The lowest BCUT2D eigenvalue weighted by Gasteiger charge is -2.27. The SMILES string of the molecule is Cc1ccc(C#CCO)cc1C(=O)N(C)C1CCOC1C. The Kier molecular flexibility index (Phi) is 5.00. The van der Waals surface area contributed by atoms with E-state index >= 15 is 0 Å². The van der Waals surface area contributed by atoms with Gasteiger partial charge in [0.1, 0.15) is 6.61 Å². The molecule has 21 heavy (non-hydrogen) atoms. The highest BCUT2D eigenvalue weighted by atomic mass is 16.5. The van der Waals surface area contributed by atoms with Crippen LogP contribution in [0, 0.1) is 18.8 Å². The van der Waals surface area contributed by atoms with Crippen molar-refractivity contribution in [1.82, 2.24) is 4.90 Å². The molecule has 1 fully saturated rings. The van der Waals surface area contributed by atoms with Crippen LogP contribution in [0.3, 0.4) is 0 Å². The molecule has 0 radical (unpaired) electrons. The lowest BCUT2D eigenvalue weighted by atomic mass is 10.0. The monoisotopic (exact) mass is 287 g/mol. The average Bonchev–Trinajstić information content (AvgIpc) is 2.91. The summed E-state index contributed by atoms with van der Waals surface area (Å²) in [4.78, 5) is 14.5. The molecule has 1 N–H and O–H groups in total. The van der Waals surface area contributed by atoms with Crippen molar-refractivity contribution in [3.63, 3.8) is 0 Å². The molecule has 2 unspecified atom stereocenters. The molecule has 0 saturated carbocycles. The minimum absolute atomic E-state index is 0.0116. The van der Waals surface area contributed by atoms with Gasteiger partial charge in [0.05, 0.1) is 12.1 Å². The molecule has 2 rings (SSSR count). The Balaban J connectivity index is 2.25. The topological polar surface area (TPSA) is 49.8 Å². The Labute approximate surface area is 125 Å². The van der Waals surface area contributed by atoms with E-state index in [2.05, 4.69) is 11.8 Å². The lowest BCUT2D eigenvalue weighted by molar-refractivity contribution is 0.0574. The highest BCUT2D eigenvalue weighted by Crippen LogP contribution is 2.21. The van der Waals surface area contributed by atoms with E-state index in [0.29, 0.717) is 12.2 Å². The Hall–Kier alpha value is -1.83. The number of carbonyl (C=O) groups is 1. The van der Waals surface area contributed by atoms with Crippen molar-refractivity contribution in [3.05, 3.63) is 34.9 Å². The number of aliphatic hydroxyl groups is 1. The van der Waals surface area contributed by atoms with Gasteiger partial charge in [-0.2, -0.15) is 0 Å². The van der Waals surface area contributed by atoms with Gasteiger partial charge in [-0.15, -0.1) is 0 Å². The number of benzene rings is 1. The van der Waals surface area contributed by atoms with E-state index in [1.807, 2.05) is 33.0 Å². The summed E-state index contributed by atoms with van der Waals surface area (Å²) in [5.41, 5.74) is 2.32. The van der Waals surface area contributed by atoms with E-state index in [-0.39, 0.29) is 24.7 Å². The predicted octanol–water partition coefficient (Wildman–Crippen LogP) is 1.59. The second kappa shape index (κ2) is 6.75. The zero-order valence-corrected chi connectivity index (χ0v) is 12.7. The highest BCUT2D eigenvalue weighted by molar-refractivity contribution is 5.96. The smallest absolute Gasteiger partial charge is 0.254 e. The van der Waals surface area contributed by atoms with Crippen LogP contribution in [0.15, 0.2) is 18.2 Å². The molecule has 4 heteroatoms. The molecule has 0 aliphatic carbocycles. The summed E-state index contributed by atoms with van der Waals surface area (Å²) in [5.74, 6) is 5.43. The molecule has 0 spiro atoms. The number of hydrogen-bond donors (Lipinski definition) is 1. The van der Waals surface area contributed by atoms with Crippen molar-refractivity contribution in [2.24, 2.45) is 0 Å². The Morgan fingerprint density at radius 3 is 2.90 bits per heavy atom. The molecule has 4 nitrogen and oxygen atoms in total. The summed E-state index contributed by atoms with van der Waals surface area (Å²) in [6, 6.07) is 5.65. The fourth-order valence-corrected chi connectivity index (χ4v) is 2.64. The predicted molar refractivity (Wildman–Crippen MR) is 81.1 cm³/mol. The summed E-state index contributed by atoms with van der Waals surface area (Å²) >= 11 is 0. The third-order valence-corrected chi connectivity index (χ3v) is 3.93. The van der Waals surface area contributed by atoms with Gasteiger partial charge >= 0.3 is 0 Å². The van der Waals surface area contributed by atoms with Gasteiger partial charge < -0.3 is 14.7 Å². The maximum Gasteiger partial charge on any atom is 0.254 e. The number of ether oxygens (including phenoxy) is 1. The summed E-state index contributed by atoms with van der Waals surface area (Å²) in [5, 5.41) is 8.76. The van der Waals surface area contributed by atoms with E-state index in [1.165, 1.54) is 0 Å². The van der Waals surface area contributed by atoms with Crippen LogP contribution in [0.4, 0.5) is 0 Å². The molecule has 1 aromatic carbocycles. The van der Waals surface area contributed by atoms with Crippen molar-refractivity contribution >= 4 is 5.91 Å². The van der Waals surface area contributed by atoms with Crippen LogP contribution in [-0.4, -0.2) is 48.3 Å². The first-order chi connectivity index (χ1) is 10.0. The molecule has 1 aliphatic heterocycles. The number of likely N-dealkylation sites (N-methyl/N-ethyl adjacent to an activating group) is 1. The van der Waals surface area contributed by atoms with Crippen LogP contribution in [0.25, 0.3) is 0 Å². The highest BCUT2D eigenvalue weighted by Gasteiger charge is 2.31. The van der Waals surface area contributed by atoms with E-state index in [9.17, 15) is 4.79 Å². The van der Waals surface area contributed by atoms with E-state index in [1.54, 1.807) is 11.0 Å². The number of hydrogen-bond acceptors (Lipinski definition) is 3. The summed E-state index contributed by atoms with van der Waals surface area (Å²) < 4.78 is 5.54. The van der Waals surface area contributed by atoms with Crippen LogP contribution in [0.2, 0.25) is 0 Å². The zero-order chi connectivity index (χ0) is 15.4. The number of nitrogens with zero attached hydrogens (tertiary/aromatic N) is 1. The molecule has 1 aromatic rings. The van der Waals surface area contributed by atoms with Crippen molar-refractivity contribution in [2.45, 2.75) is 32.4 Å². The summed E-state index contributed by atoms with van der Waals surface area (Å²) in [6.07, 6.45) is 0.934. The molecule has 0 bridgehead atoms. The maximum atomic E-state index is 12.7. The van der Waals surface area contributed by atoms with Crippen LogP contribution in [0.5, 0.6) is 0 Å². The molecular weight excluding hydrogens is 266 g/mol. The number of aryl methyl sites for hydroxylation is 1. The fraction of sp³-hybridized carbons (Fsp3) is 0.471. The van der Waals surface area contributed by atoms with E-state index in [0.717, 1.165) is 17.5 Å². The summed E-state index contributed by atoms with van der Waals surface area (Å²) in [7, 11) is 1.82. The van der Waals surface area contributed by atoms with Gasteiger partial charge in [0, 0.05) is 24.8 Å². The molecule has 112 valence electrons. The zero-order valence-electron chi connectivity index (χ0n) is 12.7. The van der Waals surface area contributed by atoms with Gasteiger partial charge in [-0.25, -0.2) is 0 Å². The van der Waals surface area contributed by atoms with Crippen molar-refractivity contribution < 1.29 is 14.6 Å². The molecular formula is C17H21NO3. The van der Waals surface area contributed by atoms with E-state index < -0.39 is 0 Å². The van der Waals surface area contributed by atoms with Crippen LogP contribution in [-0.2, 0) is 4.74 Å². The minimum atomic E-state index is -0.187. The first-order valence-electron chi connectivity index (χ1n) is 7.13. The first kappa shape index (κ1) is 15.6. The Morgan fingerprint density at radius 1 is 1.52 bits per heavy atom. The fourth-order valence-electron chi connectivity index (χ4n) is 2.64. The van der Waals surface area contributed by atoms with Crippen molar-refractivity contribution in [3.8, 4) is 11.8 Å².